The summed E-state index contributed by atoms with van der Waals surface area (Å²) in [7, 11) is 0. The molecule has 3 rings (SSSR count). The van der Waals surface area contributed by atoms with Crippen LogP contribution in [0.2, 0.25) is 0 Å². The molecule has 2 aromatic rings. The average molecular weight is 382 g/mol. The van der Waals surface area contributed by atoms with Crippen LogP contribution >= 0.6 is 0 Å². The van der Waals surface area contributed by atoms with Gasteiger partial charge in [0.25, 0.3) is 11.8 Å². The molecule has 0 radical (unpaired) electrons. The number of halogens is 1. The minimum Gasteiger partial charge on any atom is -0.491 e. The minimum absolute atomic E-state index is 0.0291. The number of nitrogens with one attached hydrogen (secondary N) is 1. The Morgan fingerprint density at radius 1 is 0.964 bits per heavy atom. The molecule has 0 bridgehead atoms. The van der Waals surface area contributed by atoms with Gasteiger partial charge in [0, 0.05) is 11.7 Å². The van der Waals surface area contributed by atoms with Crippen molar-refractivity contribution in [2.45, 2.75) is 39.8 Å². The number of imide groups is 1. The van der Waals surface area contributed by atoms with E-state index in [4.69, 9.17) is 4.74 Å². The maximum atomic E-state index is 13.6. The average Bonchev–Trinajstić information content (AvgIpc) is 2.85. The Hall–Kier alpha value is -3.15. The van der Waals surface area contributed by atoms with E-state index >= 15 is 0 Å². The molecule has 0 unspecified atom stereocenters. The van der Waals surface area contributed by atoms with E-state index in [1.165, 1.54) is 23.1 Å². The van der Waals surface area contributed by atoms with Gasteiger partial charge in [0.05, 0.1) is 11.7 Å². The zero-order valence-corrected chi connectivity index (χ0v) is 16.3. The summed E-state index contributed by atoms with van der Waals surface area (Å²) >= 11 is 0. The maximum absolute atomic E-state index is 13.6. The van der Waals surface area contributed by atoms with Crippen molar-refractivity contribution in [3.8, 4) is 5.75 Å². The van der Waals surface area contributed by atoms with Crippen LogP contribution in [-0.4, -0.2) is 28.9 Å². The van der Waals surface area contributed by atoms with Crippen molar-refractivity contribution in [2.75, 3.05) is 5.32 Å². The Bertz CT molecular complexity index is 933. The predicted molar refractivity (Wildman–Crippen MR) is 106 cm³/mol. The zero-order valence-electron chi connectivity index (χ0n) is 16.3. The number of ether oxygens (including phenoxy) is 1. The van der Waals surface area contributed by atoms with Gasteiger partial charge in [-0.25, -0.2) is 4.39 Å². The van der Waals surface area contributed by atoms with E-state index < -0.39 is 11.7 Å². The topological polar surface area (TPSA) is 58.6 Å². The van der Waals surface area contributed by atoms with Crippen LogP contribution in [0.1, 0.15) is 33.3 Å². The van der Waals surface area contributed by atoms with Gasteiger partial charge in [0.2, 0.25) is 0 Å². The maximum Gasteiger partial charge on any atom is 0.278 e. The first-order chi connectivity index (χ1) is 13.3. The summed E-state index contributed by atoms with van der Waals surface area (Å²) in [6.07, 6.45) is 0.0291. The Morgan fingerprint density at radius 3 is 2.21 bits per heavy atom. The third-order valence-electron chi connectivity index (χ3n) is 4.24. The van der Waals surface area contributed by atoms with Crippen molar-refractivity contribution in [2.24, 2.45) is 0 Å². The molecule has 0 aromatic heterocycles. The second kappa shape index (κ2) is 7.84. The lowest BCUT2D eigenvalue weighted by molar-refractivity contribution is -0.138. The summed E-state index contributed by atoms with van der Waals surface area (Å²) in [5.41, 5.74) is 1.40. The van der Waals surface area contributed by atoms with Crippen LogP contribution in [0, 0.1) is 5.82 Å². The van der Waals surface area contributed by atoms with Gasteiger partial charge in [0.1, 0.15) is 17.3 Å². The minimum atomic E-state index is -0.431. The molecule has 1 heterocycles. The van der Waals surface area contributed by atoms with E-state index in [1.54, 1.807) is 44.2 Å². The van der Waals surface area contributed by atoms with E-state index in [1.807, 2.05) is 13.8 Å². The molecule has 0 spiro atoms. The lowest BCUT2D eigenvalue weighted by Crippen LogP contribution is -2.38. The largest absolute Gasteiger partial charge is 0.491 e. The SMILES string of the molecule is CC(C)Oc1ccc(C2=C(Nc3cccc(F)c3)C(=O)N(C(C)C)C2=O)cc1. The van der Waals surface area contributed by atoms with Crippen LogP contribution < -0.4 is 10.1 Å². The highest BCUT2D eigenvalue weighted by Gasteiger charge is 2.40. The summed E-state index contributed by atoms with van der Waals surface area (Å²) in [5, 5.41) is 2.94. The highest BCUT2D eigenvalue weighted by atomic mass is 19.1. The molecule has 1 aliphatic rings. The molecule has 0 atom stereocenters. The van der Waals surface area contributed by atoms with E-state index in [-0.39, 0.29) is 29.3 Å². The van der Waals surface area contributed by atoms with E-state index in [9.17, 15) is 14.0 Å². The first-order valence-corrected chi connectivity index (χ1v) is 9.19. The molecule has 6 heteroatoms. The Kier molecular flexibility index (Phi) is 5.49. The number of nitrogens with zero attached hydrogens (tertiary/aromatic N) is 1. The van der Waals surface area contributed by atoms with Crippen LogP contribution in [-0.2, 0) is 9.59 Å². The molecule has 2 aromatic carbocycles. The smallest absolute Gasteiger partial charge is 0.278 e. The van der Waals surface area contributed by atoms with Crippen molar-refractivity contribution in [1.29, 1.82) is 0 Å². The lowest BCUT2D eigenvalue weighted by atomic mass is 10.0. The van der Waals surface area contributed by atoms with E-state index in [2.05, 4.69) is 5.32 Å². The van der Waals surface area contributed by atoms with Crippen molar-refractivity contribution in [3.63, 3.8) is 0 Å². The van der Waals surface area contributed by atoms with Crippen molar-refractivity contribution < 1.29 is 18.7 Å². The molecule has 0 saturated heterocycles. The van der Waals surface area contributed by atoms with Crippen LogP contribution in [0.25, 0.3) is 5.57 Å². The van der Waals surface area contributed by atoms with Gasteiger partial charge >= 0.3 is 0 Å². The molecule has 1 aliphatic heterocycles. The van der Waals surface area contributed by atoms with E-state index in [0.29, 0.717) is 17.0 Å². The fourth-order valence-corrected chi connectivity index (χ4v) is 3.08. The standard InChI is InChI=1S/C22H23FN2O3/c1-13(2)25-21(26)19(15-8-10-18(11-9-15)28-14(3)4)20(22(25)27)24-17-7-5-6-16(23)12-17/h5-14,24H,1-4H3. The van der Waals surface area contributed by atoms with Crippen molar-refractivity contribution >= 4 is 23.1 Å². The highest BCUT2D eigenvalue weighted by Crippen LogP contribution is 2.32. The van der Waals surface area contributed by atoms with Crippen molar-refractivity contribution in [3.05, 3.63) is 65.6 Å². The highest BCUT2D eigenvalue weighted by molar-refractivity contribution is 6.36. The van der Waals surface area contributed by atoms with E-state index in [0.717, 1.165) is 0 Å². The number of rotatable bonds is 6. The molecule has 2 amide bonds. The second-order valence-electron chi connectivity index (χ2n) is 7.15. The Morgan fingerprint density at radius 2 is 1.64 bits per heavy atom. The molecule has 0 aliphatic carbocycles. The number of anilines is 1. The quantitative estimate of drug-likeness (QED) is 0.761. The van der Waals surface area contributed by atoms with Crippen LogP contribution in [0.3, 0.4) is 0 Å². The van der Waals surface area contributed by atoms with Gasteiger partial charge in [-0.2, -0.15) is 0 Å². The number of amides is 2. The summed E-state index contributed by atoms with van der Waals surface area (Å²) in [6.45, 7) is 7.41. The Labute approximate surface area is 163 Å². The Balaban J connectivity index is 2.04. The van der Waals surface area contributed by atoms with Gasteiger partial charge in [-0.05, 0) is 63.6 Å². The number of benzene rings is 2. The second-order valence-corrected chi connectivity index (χ2v) is 7.15. The molecule has 28 heavy (non-hydrogen) atoms. The summed E-state index contributed by atoms with van der Waals surface area (Å²) < 4.78 is 19.2. The molecular formula is C22H23FN2O3. The summed E-state index contributed by atoms with van der Waals surface area (Å²) in [4.78, 5) is 27.1. The van der Waals surface area contributed by atoms with Gasteiger partial charge in [-0.1, -0.05) is 18.2 Å². The van der Waals surface area contributed by atoms with Gasteiger partial charge in [0.15, 0.2) is 0 Å². The van der Waals surface area contributed by atoms with Crippen molar-refractivity contribution in [1.82, 2.24) is 4.90 Å². The first-order valence-electron chi connectivity index (χ1n) is 9.19. The molecular weight excluding hydrogens is 359 g/mol. The fourth-order valence-electron chi connectivity index (χ4n) is 3.08. The molecule has 5 nitrogen and oxygen atoms in total. The molecule has 1 N–H and O–H groups in total. The molecule has 0 fully saturated rings. The fraction of sp³-hybridized carbons (Fsp3) is 0.273. The van der Waals surface area contributed by atoms with Gasteiger partial charge in [-0.3, -0.25) is 14.5 Å². The number of hydrogen-bond donors (Lipinski definition) is 1. The molecule has 0 saturated carbocycles. The molecule has 146 valence electrons. The lowest BCUT2D eigenvalue weighted by Gasteiger charge is -2.19. The zero-order chi connectivity index (χ0) is 20.4. The van der Waals surface area contributed by atoms with Gasteiger partial charge < -0.3 is 10.1 Å². The first kappa shape index (κ1) is 19.6. The number of carbonyl (C=O) groups is 2. The summed E-state index contributed by atoms with van der Waals surface area (Å²) in [6, 6.07) is 12.5. The summed E-state index contributed by atoms with van der Waals surface area (Å²) in [5.74, 6) is -0.561. The van der Waals surface area contributed by atoms with Crippen LogP contribution in [0.4, 0.5) is 10.1 Å². The number of hydrogen-bond acceptors (Lipinski definition) is 4. The third-order valence-corrected chi connectivity index (χ3v) is 4.24. The van der Waals surface area contributed by atoms with Crippen LogP contribution in [0.15, 0.2) is 54.2 Å². The van der Waals surface area contributed by atoms with Gasteiger partial charge in [-0.15, -0.1) is 0 Å². The monoisotopic (exact) mass is 382 g/mol. The third kappa shape index (κ3) is 3.91. The normalized spacial score (nSPS) is 14.5. The predicted octanol–water partition coefficient (Wildman–Crippen LogP) is 4.21. The number of carbonyl (C=O) groups excluding carboxylic acids is 2. The van der Waals surface area contributed by atoms with Crippen LogP contribution in [0.5, 0.6) is 5.75 Å².